The number of aryl methyl sites for hydroxylation is 1. The molecule has 1 aromatic carbocycles. The number of halogens is 1. The molecule has 3 heteroatoms. The fraction of sp³-hybridized carbons (Fsp3) is 0.167. The molecule has 0 amide bonds. The summed E-state index contributed by atoms with van der Waals surface area (Å²) in [7, 11) is 0. The van der Waals surface area contributed by atoms with E-state index in [4.69, 9.17) is 0 Å². The average Bonchev–Trinajstić information content (AvgIpc) is 2.59. The van der Waals surface area contributed by atoms with E-state index in [1.807, 2.05) is 43.3 Å². The molecular formula is C12H11BrOS. The molecule has 2 rings (SSSR count). The van der Waals surface area contributed by atoms with Crippen LogP contribution in [0.15, 0.2) is 40.9 Å². The highest BCUT2D eigenvalue weighted by Crippen LogP contribution is 2.33. The Bertz CT molecular complexity index is 430. The van der Waals surface area contributed by atoms with Gasteiger partial charge in [-0.25, -0.2) is 0 Å². The zero-order valence-electron chi connectivity index (χ0n) is 8.27. The predicted octanol–water partition coefficient (Wildman–Crippen LogP) is 3.90. The van der Waals surface area contributed by atoms with Crippen LogP contribution in [0, 0.1) is 6.92 Å². The SMILES string of the molecule is Cc1sc(C(O)c2ccccc2)cc1Br. The largest absolute Gasteiger partial charge is 0.383 e. The molecule has 1 nitrogen and oxygen atoms in total. The van der Waals surface area contributed by atoms with E-state index in [0.29, 0.717) is 0 Å². The molecule has 2 aromatic rings. The maximum atomic E-state index is 10.1. The number of benzene rings is 1. The van der Waals surface area contributed by atoms with Crippen molar-refractivity contribution in [2.75, 3.05) is 0 Å². The highest BCUT2D eigenvalue weighted by molar-refractivity contribution is 9.10. The van der Waals surface area contributed by atoms with Crippen molar-refractivity contribution in [2.45, 2.75) is 13.0 Å². The van der Waals surface area contributed by atoms with Gasteiger partial charge in [0.2, 0.25) is 0 Å². The average molecular weight is 283 g/mol. The molecule has 0 aliphatic heterocycles. The molecule has 1 atom stereocenters. The summed E-state index contributed by atoms with van der Waals surface area (Å²) in [6.07, 6.45) is -0.513. The van der Waals surface area contributed by atoms with Crippen molar-refractivity contribution >= 4 is 27.3 Å². The third-order valence-electron chi connectivity index (χ3n) is 2.26. The first-order valence-electron chi connectivity index (χ1n) is 4.67. The maximum Gasteiger partial charge on any atom is 0.113 e. The van der Waals surface area contributed by atoms with Crippen LogP contribution in [0.1, 0.15) is 21.4 Å². The second-order valence-corrected chi connectivity index (χ2v) is 5.51. The van der Waals surface area contributed by atoms with Crippen molar-refractivity contribution < 1.29 is 5.11 Å². The first kappa shape index (κ1) is 10.9. The first-order valence-corrected chi connectivity index (χ1v) is 6.28. The summed E-state index contributed by atoms with van der Waals surface area (Å²) in [5.74, 6) is 0. The Morgan fingerprint density at radius 2 is 1.93 bits per heavy atom. The summed E-state index contributed by atoms with van der Waals surface area (Å²) >= 11 is 5.08. The van der Waals surface area contributed by atoms with Crippen molar-refractivity contribution in [3.63, 3.8) is 0 Å². The van der Waals surface area contributed by atoms with Gasteiger partial charge < -0.3 is 5.11 Å². The van der Waals surface area contributed by atoms with Gasteiger partial charge in [0.15, 0.2) is 0 Å². The molecular weight excluding hydrogens is 272 g/mol. The van der Waals surface area contributed by atoms with E-state index in [-0.39, 0.29) is 0 Å². The van der Waals surface area contributed by atoms with Crippen LogP contribution >= 0.6 is 27.3 Å². The summed E-state index contributed by atoms with van der Waals surface area (Å²) in [5, 5.41) is 10.1. The number of aliphatic hydroxyl groups excluding tert-OH is 1. The van der Waals surface area contributed by atoms with Crippen LogP contribution in [0.4, 0.5) is 0 Å². The predicted molar refractivity (Wildman–Crippen MR) is 67.3 cm³/mol. The molecule has 0 radical (unpaired) electrons. The number of hydrogen-bond donors (Lipinski definition) is 1. The van der Waals surface area contributed by atoms with Gasteiger partial charge in [-0.1, -0.05) is 30.3 Å². The van der Waals surface area contributed by atoms with Crippen molar-refractivity contribution in [3.05, 3.63) is 56.2 Å². The quantitative estimate of drug-likeness (QED) is 0.886. The molecule has 0 aliphatic carbocycles. The Hall–Kier alpha value is -0.640. The van der Waals surface area contributed by atoms with E-state index in [1.165, 1.54) is 4.88 Å². The van der Waals surface area contributed by atoms with Crippen LogP contribution in [0.25, 0.3) is 0 Å². The second-order valence-electron chi connectivity index (χ2n) is 3.37. The summed E-state index contributed by atoms with van der Waals surface area (Å²) in [5.41, 5.74) is 0.936. The molecule has 1 unspecified atom stereocenters. The molecule has 0 saturated carbocycles. The molecule has 15 heavy (non-hydrogen) atoms. The lowest BCUT2D eigenvalue weighted by Crippen LogP contribution is -1.95. The number of thiophene rings is 1. The highest BCUT2D eigenvalue weighted by atomic mass is 79.9. The van der Waals surface area contributed by atoms with E-state index < -0.39 is 6.10 Å². The fourth-order valence-corrected chi connectivity index (χ4v) is 2.99. The monoisotopic (exact) mass is 282 g/mol. The molecule has 0 bridgehead atoms. The zero-order chi connectivity index (χ0) is 10.8. The van der Waals surface area contributed by atoms with Gasteiger partial charge in [0.1, 0.15) is 6.10 Å². The smallest absolute Gasteiger partial charge is 0.113 e. The minimum absolute atomic E-state index is 0.513. The molecule has 1 aromatic heterocycles. The zero-order valence-corrected chi connectivity index (χ0v) is 10.7. The molecule has 0 saturated heterocycles. The summed E-state index contributed by atoms with van der Waals surface area (Å²) < 4.78 is 1.07. The Morgan fingerprint density at radius 3 is 2.47 bits per heavy atom. The Morgan fingerprint density at radius 1 is 1.27 bits per heavy atom. The molecule has 0 aliphatic rings. The third kappa shape index (κ3) is 2.30. The second kappa shape index (κ2) is 4.47. The van der Waals surface area contributed by atoms with Gasteiger partial charge in [-0.05, 0) is 34.5 Å². The third-order valence-corrected chi connectivity index (χ3v) is 4.45. The number of hydrogen-bond acceptors (Lipinski definition) is 2. The topological polar surface area (TPSA) is 20.2 Å². The minimum atomic E-state index is -0.513. The van der Waals surface area contributed by atoms with E-state index >= 15 is 0 Å². The van der Waals surface area contributed by atoms with Crippen LogP contribution in [-0.2, 0) is 0 Å². The van der Waals surface area contributed by atoms with Crippen molar-refractivity contribution in [1.82, 2.24) is 0 Å². The highest BCUT2D eigenvalue weighted by Gasteiger charge is 2.13. The Kier molecular flexibility index (Phi) is 3.24. The van der Waals surface area contributed by atoms with Crippen LogP contribution in [0.3, 0.4) is 0 Å². The summed E-state index contributed by atoms with van der Waals surface area (Å²) in [6, 6.07) is 11.7. The standard InChI is InChI=1S/C12H11BrOS/c1-8-10(13)7-11(15-8)12(14)9-5-3-2-4-6-9/h2-7,12,14H,1H3. The molecule has 0 fully saturated rings. The summed E-state index contributed by atoms with van der Waals surface area (Å²) in [6.45, 7) is 2.04. The van der Waals surface area contributed by atoms with Gasteiger partial charge in [-0.2, -0.15) is 0 Å². The van der Waals surface area contributed by atoms with Gasteiger partial charge in [-0.3, -0.25) is 0 Å². The van der Waals surface area contributed by atoms with Crippen molar-refractivity contribution in [2.24, 2.45) is 0 Å². The van der Waals surface area contributed by atoms with Crippen LogP contribution in [-0.4, -0.2) is 5.11 Å². The normalized spacial score (nSPS) is 12.7. The Balaban J connectivity index is 2.32. The molecule has 1 heterocycles. The Labute approximate surface area is 102 Å². The first-order chi connectivity index (χ1) is 7.18. The molecule has 1 N–H and O–H groups in total. The fourth-order valence-electron chi connectivity index (χ4n) is 1.42. The lowest BCUT2D eigenvalue weighted by molar-refractivity contribution is 0.224. The lowest BCUT2D eigenvalue weighted by Gasteiger charge is -2.07. The maximum absolute atomic E-state index is 10.1. The van der Waals surface area contributed by atoms with Gasteiger partial charge in [0.25, 0.3) is 0 Å². The van der Waals surface area contributed by atoms with Crippen molar-refractivity contribution in [1.29, 1.82) is 0 Å². The van der Waals surface area contributed by atoms with E-state index in [9.17, 15) is 5.11 Å². The molecule has 78 valence electrons. The van der Waals surface area contributed by atoms with E-state index in [1.54, 1.807) is 11.3 Å². The number of aliphatic hydroxyl groups is 1. The van der Waals surface area contributed by atoms with Gasteiger partial charge in [-0.15, -0.1) is 11.3 Å². The van der Waals surface area contributed by atoms with Crippen LogP contribution < -0.4 is 0 Å². The minimum Gasteiger partial charge on any atom is -0.383 e. The lowest BCUT2D eigenvalue weighted by atomic mass is 10.1. The van der Waals surface area contributed by atoms with Gasteiger partial charge in [0.05, 0.1) is 0 Å². The number of rotatable bonds is 2. The molecule has 0 spiro atoms. The van der Waals surface area contributed by atoms with Gasteiger partial charge in [0, 0.05) is 14.2 Å². The van der Waals surface area contributed by atoms with Crippen molar-refractivity contribution in [3.8, 4) is 0 Å². The summed E-state index contributed by atoms with van der Waals surface area (Å²) in [4.78, 5) is 2.17. The van der Waals surface area contributed by atoms with Gasteiger partial charge >= 0.3 is 0 Å². The van der Waals surface area contributed by atoms with Crippen LogP contribution in [0.2, 0.25) is 0 Å². The van der Waals surface area contributed by atoms with E-state index in [0.717, 1.165) is 14.9 Å². The van der Waals surface area contributed by atoms with E-state index in [2.05, 4.69) is 15.9 Å². The van der Waals surface area contributed by atoms with Crippen LogP contribution in [0.5, 0.6) is 0 Å².